The Bertz CT molecular complexity index is 665. The lowest BCUT2D eigenvalue weighted by molar-refractivity contribution is 0.102. The minimum absolute atomic E-state index is 0.0917. The monoisotopic (exact) mass is 327 g/mol. The van der Waals surface area contributed by atoms with Crippen molar-refractivity contribution in [3.8, 4) is 11.5 Å². The maximum Gasteiger partial charge on any atom is 0.255 e. The molecule has 0 saturated heterocycles. The van der Waals surface area contributed by atoms with Crippen LogP contribution in [0.2, 0.25) is 0 Å². The Balaban J connectivity index is 2.02. The largest absolute Gasteiger partial charge is 0.491 e. The van der Waals surface area contributed by atoms with Crippen LogP contribution in [-0.2, 0) is 0 Å². The molecule has 0 saturated carbocycles. The first-order valence-corrected chi connectivity index (χ1v) is 8.32. The highest BCUT2D eigenvalue weighted by Crippen LogP contribution is 2.20. The molecule has 2 rings (SSSR count). The van der Waals surface area contributed by atoms with E-state index in [9.17, 15) is 4.79 Å². The fourth-order valence-corrected chi connectivity index (χ4v) is 2.12. The third kappa shape index (κ3) is 5.30. The molecule has 0 aliphatic carbocycles. The summed E-state index contributed by atoms with van der Waals surface area (Å²) in [7, 11) is 0. The molecule has 0 fully saturated rings. The van der Waals surface area contributed by atoms with Crippen LogP contribution >= 0.6 is 0 Å². The highest BCUT2D eigenvalue weighted by atomic mass is 16.5. The van der Waals surface area contributed by atoms with E-state index in [4.69, 9.17) is 9.47 Å². The smallest absolute Gasteiger partial charge is 0.255 e. The molecule has 0 heterocycles. The Morgan fingerprint density at radius 1 is 1.00 bits per heavy atom. The Morgan fingerprint density at radius 3 is 2.33 bits per heavy atom. The average molecular weight is 327 g/mol. The van der Waals surface area contributed by atoms with Crippen LogP contribution in [0.5, 0.6) is 11.5 Å². The summed E-state index contributed by atoms with van der Waals surface area (Å²) in [5.74, 6) is 1.35. The van der Waals surface area contributed by atoms with Gasteiger partial charge in [0, 0.05) is 17.3 Å². The second-order valence-electron chi connectivity index (χ2n) is 6.01. The zero-order valence-electron chi connectivity index (χ0n) is 14.7. The molecule has 0 spiro atoms. The second kappa shape index (κ2) is 8.39. The summed E-state index contributed by atoms with van der Waals surface area (Å²) in [5, 5.41) is 2.88. The molecule has 24 heavy (non-hydrogen) atoms. The van der Waals surface area contributed by atoms with Crippen molar-refractivity contribution < 1.29 is 14.3 Å². The molecule has 1 amide bonds. The standard InChI is InChI=1S/C20H25NO3/c1-5-15(4)24-18-11-9-16(10-12-18)20(22)21-17-7-6-8-19(13-17)23-14(2)3/h6-15H,5H2,1-4H3,(H,21,22). The topological polar surface area (TPSA) is 47.6 Å². The van der Waals surface area contributed by atoms with Gasteiger partial charge in [-0.05, 0) is 63.6 Å². The van der Waals surface area contributed by atoms with Crippen molar-refractivity contribution in [2.75, 3.05) is 5.32 Å². The fourth-order valence-electron chi connectivity index (χ4n) is 2.12. The molecule has 2 aromatic rings. The Hall–Kier alpha value is -2.49. The summed E-state index contributed by atoms with van der Waals surface area (Å²) < 4.78 is 11.4. The van der Waals surface area contributed by atoms with Crippen molar-refractivity contribution in [3.05, 3.63) is 54.1 Å². The van der Waals surface area contributed by atoms with Gasteiger partial charge in [-0.25, -0.2) is 0 Å². The van der Waals surface area contributed by atoms with Gasteiger partial charge in [0.1, 0.15) is 11.5 Å². The molecule has 0 aliphatic rings. The summed E-state index contributed by atoms with van der Waals surface area (Å²) in [5.41, 5.74) is 1.29. The van der Waals surface area contributed by atoms with Gasteiger partial charge < -0.3 is 14.8 Å². The van der Waals surface area contributed by atoms with Crippen LogP contribution in [-0.4, -0.2) is 18.1 Å². The van der Waals surface area contributed by atoms with Gasteiger partial charge in [0.05, 0.1) is 12.2 Å². The quantitative estimate of drug-likeness (QED) is 0.786. The zero-order valence-corrected chi connectivity index (χ0v) is 14.7. The lowest BCUT2D eigenvalue weighted by atomic mass is 10.2. The molecule has 0 aromatic heterocycles. The van der Waals surface area contributed by atoms with E-state index in [1.807, 2.05) is 57.2 Å². The second-order valence-corrected chi connectivity index (χ2v) is 6.01. The van der Waals surface area contributed by atoms with E-state index >= 15 is 0 Å². The summed E-state index contributed by atoms with van der Waals surface area (Å²) in [4.78, 5) is 12.3. The van der Waals surface area contributed by atoms with Crippen molar-refractivity contribution >= 4 is 11.6 Å². The van der Waals surface area contributed by atoms with Gasteiger partial charge in [-0.1, -0.05) is 13.0 Å². The maximum absolute atomic E-state index is 12.3. The number of carbonyl (C=O) groups excluding carboxylic acids is 1. The number of amides is 1. The molecule has 4 nitrogen and oxygen atoms in total. The summed E-state index contributed by atoms with van der Waals surface area (Å²) >= 11 is 0. The summed E-state index contributed by atoms with van der Waals surface area (Å²) in [6.45, 7) is 8.03. The Morgan fingerprint density at radius 2 is 1.71 bits per heavy atom. The van der Waals surface area contributed by atoms with Gasteiger partial charge in [-0.2, -0.15) is 0 Å². The van der Waals surface area contributed by atoms with Crippen LogP contribution in [0.1, 0.15) is 44.5 Å². The zero-order chi connectivity index (χ0) is 17.5. The van der Waals surface area contributed by atoms with Crippen LogP contribution in [0.25, 0.3) is 0 Å². The van der Waals surface area contributed by atoms with Crippen LogP contribution in [0.4, 0.5) is 5.69 Å². The normalized spacial score (nSPS) is 11.9. The summed E-state index contributed by atoms with van der Waals surface area (Å²) in [6.07, 6.45) is 1.19. The predicted octanol–water partition coefficient (Wildman–Crippen LogP) is 4.90. The molecule has 0 radical (unpaired) electrons. The fraction of sp³-hybridized carbons (Fsp3) is 0.350. The van der Waals surface area contributed by atoms with Gasteiger partial charge in [0.25, 0.3) is 5.91 Å². The van der Waals surface area contributed by atoms with E-state index in [-0.39, 0.29) is 18.1 Å². The van der Waals surface area contributed by atoms with Gasteiger partial charge in [0.15, 0.2) is 0 Å². The number of rotatable bonds is 7. The summed E-state index contributed by atoms with van der Waals surface area (Å²) in [6, 6.07) is 14.6. The SMILES string of the molecule is CCC(C)Oc1ccc(C(=O)Nc2cccc(OC(C)C)c2)cc1. The number of carbonyl (C=O) groups is 1. The number of nitrogens with one attached hydrogen (secondary N) is 1. The predicted molar refractivity (Wildman–Crippen MR) is 97.0 cm³/mol. The van der Waals surface area contributed by atoms with Crippen LogP contribution in [0.3, 0.4) is 0 Å². The molecule has 1 N–H and O–H groups in total. The van der Waals surface area contributed by atoms with Crippen molar-refractivity contribution in [3.63, 3.8) is 0 Å². The van der Waals surface area contributed by atoms with Crippen LogP contribution in [0.15, 0.2) is 48.5 Å². The number of ether oxygens (including phenoxy) is 2. The van der Waals surface area contributed by atoms with E-state index in [2.05, 4.69) is 12.2 Å². The van der Waals surface area contributed by atoms with Crippen LogP contribution in [0, 0.1) is 0 Å². The molecule has 128 valence electrons. The molecule has 1 unspecified atom stereocenters. The van der Waals surface area contributed by atoms with Crippen molar-refractivity contribution in [1.82, 2.24) is 0 Å². The molecule has 4 heteroatoms. The number of hydrogen-bond donors (Lipinski definition) is 1. The van der Waals surface area contributed by atoms with Gasteiger partial charge in [0.2, 0.25) is 0 Å². The first-order valence-electron chi connectivity index (χ1n) is 8.32. The van der Waals surface area contributed by atoms with Gasteiger partial charge in [-0.3, -0.25) is 4.79 Å². The minimum atomic E-state index is -0.160. The Kier molecular flexibility index (Phi) is 6.24. The molecule has 0 aliphatic heterocycles. The minimum Gasteiger partial charge on any atom is -0.491 e. The highest BCUT2D eigenvalue weighted by molar-refractivity contribution is 6.04. The molecular formula is C20H25NO3. The average Bonchev–Trinajstić information content (AvgIpc) is 2.55. The lowest BCUT2D eigenvalue weighted by Gasteiger charge is -2.13. The number of hydrogen-bond acceptors (Lipinski definition) is 3. The van der Waals surface area contributed by atoms with Crippen molar-refractivity contribution in [2.45, 2.75) is 46.3 Å². The molecule has 1 atom stereocenters. The lowest BCUT2D eigenvalue weighted by Crippen LogP contribution is -2.13. The third-order valence-corrected chi connectivity index (χ3v) is 3.49. The van der Waals surface area contributed by atoms with E-state index in [0.717, 1.165) is 17.9 Å². The first kappa shape index (κ1) is 17.9. The van der Waals surface area contributed by atoms with E-state index in [1.165, 1.54) is 0 Å². The molecular weight excluding hydrogens is 302 g/mol. The third-order valence-electron chi connectivity index (χ3n) is 3.49. The van der Waals surface area contributed by atoms with Crippen LogP contribution < -0.4 is 14.8 Å². The van der Waals surface area contributed by atoms with Gasteiger partial charge in [-0.15, -0.1) is 0 Å². The van der Waals surface area contributed by atoms with Crippen molar-refractivity contribution in [1.29, 1.82) is 0 Å². The molecule has 0 bridgehead atoms. The van der Waals surface area contributed by atoms with Gasteiger partial charge >= 0.3 is 0 Å². The Labute approximate surface area is 143 Å². The first-order chi connectivity index (χ1) is 11.5. The van der Waals surface area contributed by atoms with E-state index in [1.54, 1.807) is 12.1 Å². The maximum atomic E-state index is 12.3. The highest BCUT2D eigenvalue weighted by Gasteiger charge is 2.08. The number of benzene rings is 2. The van der Waals surface area contributed by atoms with Crippen molar-refractivity contribution in [2.24, 2.45) is 0 Å². The van der Waals surface area contributed by atoms with E-state index in [0.29, 0.717) is 11.3 Å². The number of anilines is 1. The molecule has 2 aromatic carbocycles. The van der Waals surface area contributed by atoms with E-state index < -0.39 is 0 Å².